The van der Waals surface area contributed by atoms with E-state index in [1.807, 2.05) is 31.1 Å². The van der Waals surface area contributed by atoms with Crippen LogP contribution < -0.4 is 15.0 Å². The number of unbranched alkanes of at least 4 members (excludes halogenated alkanes) is 1. The van der Waals surface area contributed by atoms with Gasteiger partial charge < -0.3 is 19.9 Å². The number of carbonyl (C=O) groups excluding carboxylic acids is 2. The van der Waals surface area contributed by atoms with Crippen molar-refractivity contribution < 1.29 is 14.3 Å². The number of ether oxygens (including phenoxy) is 1. The third-order valence-corrected chi connectivity index (χ3v) is 3.71. The van der Waals surface area contributed by atoms with Crippen molar-refractivity contribution in [3.05, 3.63) is 18.2 Å². The second-order valence-corrected chi connectivity index (χ2v) is 5.97. The highest BCUT2D eigenvalue weighted by Gasteiger charge is 2.25. The molecule has 6 heteroatoms. The van der Waals surface area contributed by atoms with Crippen molar-refractivity contribution in [2.75, 3.05) is 44.0 Å². The molecule has 2 amide bonds. The van der Waals surface area contributed by atoms with Crippen LogP contribution in [0.5, 0.6) is 5.75 Å². The molecule has 126 valence electrons. The Kier molecular flexibility index (Phi) is 5.98. The molecule has 2 rings (SSSR count). The molecule has 1 aliphatic heterocycles. The lowest BCUT2D eigenvalue weighted by molar-refractivity contribution is -0.121. The Morgan fingerprint density at radius 3 is 2.87 bits per heavy atom. The molecule has 0 saturated heterocycles. The van der Waals surface area contributed by atoms with Crippen LogP contribution in [0, 0.1) is 0 Å². The molecule has 0 atom stereocenters. The first kappa shape index (κ1) is 17.3. The van der Waals surface area contributed by atoms with Crippen LogP contribution in [-0.2, 0) is 9.59 Å². The normalized spacial score (nSPS) is 13.7. The van der Waals surface area contributed by atoms with Crippen molar-refractivity contribution in [1.82, 2.24) is 4.90 Å². The number of nitrogens with one attached hydrogen (secondary N) is 1. The van der Waals surface area contributed by atoms with E-state index in [0.717, 1.165) is 25.1 Å². The van der Waals surface area contributed by atoms with Crippen LogP contribution in [0.15, 0.2) is 18.2 Å². The van der Waals surface area contributed by atoms with Gasteiger partial charge >= 0.3 is 0 Å². The highest BCUT2D eigenvalue weighted by atomic mass is 16.5. The lowest BCUT2D eigenvalue weighted by atomic mass is 10.2. The molecular weight excluding hydrogens is 294 g/mol. The lowest BCUT2D eigenvalue weighted by Crippen LogP contribution is -2.42. The van der Waals surface area contributed by atoms with Gasteiger partial charge in [-0.25, -0.2) is 0 Å². The number of rotatable bonds is 7. The van der Waals surface area contributed by atoms with E-state index in [1.165, 1.54) is 0 Å². The average molecular weight is 319 g/mol. The highest BCUT2D eigenvalue weighted by molar-refractivity contribution is 5.99. The monoisotopic (exact) mass is 319 g/mol. The molecule has 0 unspecified atom stereocenters. The fraction of sp³-hybridized carbons (Fsp3) is 0.529. The zero-order valence-corrected chi connectivity index (χ0v) is 14.1. The maximum absolute atomic E-state index is 12.1. The van der Waals surface area contributed by atoms with E-state index in [4.69, 9.17) is 4.74 Å². The fourth-order valence-electron chi connectivity index (χ4n) is 2.39. The van der Waals surface area contributed by atoms with E-state index in [0.29, 0.717) is 24.4 Å². The van der Waals surface area contributed by atoms with Gasteiger partial charge in [-0.15, -0.1) is 0 Å². The summed E-state index contributed by atoms with van der Waals surface area (Å²) < 4.78 is 5.48. The first-order valence-corrected chi connectivity index (χ1v) is 8.03. The minimum absolute atomic E-state index is 0.00491. The van der Waals surface area contributed by atoms with E-state index in [1.54, 1.807) is 11.0 Å². The van der Waals surface area contributed by atoms with Gasteiger partial charge in [0.2, 0.25) is 5.91 Å². The molecule has 1 N–H and O–H groups in total. The molecule has 1 aliphatic rings. The second kappa shape index (κ2) is 7.97. The number of carbonyl (C=O) groups is 2. The van der Waals surface area contributed by atoms with E-state index in [2.05, 4.69) is 12.2 Å². The number of benzene rings is 1. The third kappa shape index (κ3) is 4.69. The molecule has 0 fully saturated rings. The summed E-state index contributed by atoms with van der Waals surface area (Å²) in [7, 11) is 3.94. The summed E-state index contributed by atoms with van der Waals surface area (Å²) in [6.45, 7) is 3.47. The first-order chi connectivity index (χ1) is 11.0. The molecule has 0 bridgehead atoms. The summed E-state index contributed by atoms with van der Waals surface area (Å²) in [5.74, 6) is 0.610. The van der Waals surface area contributed by atoms with E-state index in [-0.39, 0.29) is 18.4 Å². The highest BCUT2D eigenvalue weighted by Crippen LogP contribution is 2.34. The van der Waals surface area contributed by atoms with Crippen molar-refractivity contribution in [3.8, 4) is 5.75 Å². The van der Waals surface area contributed by atoms with Crippen molar-refractivity contribution in [1.29, 1.82) is 0 Å². The van der Waals surface area contributed by atoms with Crippen LogP contribution >= 0.6 is 0 Å². The number of amides is 2. The van der Waals surface area contributed by atoms with Gasteiger partial charge in [-0.2, -0.15) is 0 Å². The molecule has 0 spiro atoms. The Balaban J connectivity index is 2.14. The predicted molar refractivity (Wildman–Crippen MR) is 91.0 cm³/mol. The second-order valence-electron chi connectivity index (χ2n) is 5.97. The molecule has 6 nitrogen and oxygen atoms in total. The Morgan fingerprint density at radius 2 is 2.17 bits per heavy atom. The molecular formula is C17H25N3O3. The molecule has 1 heterocycles. The summed E-state index contributed by atoms with van der Waals surface area (Å²) >= 11 is 0. The molecule has 0 aliphatic carbocycles. The summed E-state index contributed by atoms with van der Waals surface area (Å²) in [5.41, 5.74) is 1.41. The van der Waals surface area contributed by atoms with Gasteiger partial charge in [0.15, 0.2) is 6.61 Å². The zero-order valence-electron chi connectivity index (χ0n) is 14.1. The van der Waals surface area contributed by atoms with Gasteiger partial charge in [-0.3, -0.25) is 9.59 Å². The fourth-order valence-corrected chi connectivity index (χ4v) is 2.39. The van der Waals surface area contributed by atoms with Crippen LogP contribution in [0.2, 0.25) is 0 Å². The van der Waals surface area contributed by atoms with E-state index >= 15 is 0 Å². The molecule has 23 heavy (non-hydrogen) atoms. The van der Waals surface area contributed by atoms with Gasteiger partial charge in [-0.05, 0) is 38.7 Å². The van der Waals surface area contributed by atoms with E-state index < -0.39 is 0 Å². The van der Waals surface area contributed by atoms with Crippen LogP contribution in [-0.4, -0.2) is 50.5 Å². The Morgan fingerprint density at radius 1 is 1.39 bits per heavy atom. The lowest BCUT2D eigenvalue weighted by Gasteiger charge is -2.30. The number of hydrogen-bond acceptors (Lipinski definition) is 4. The van der Waals surface area contributed by atoms with Crippen molar-refractivity contribution >= 4 is 23.2 Å². The van der Waals surface area contributed by atoms with E-state index in [9.17, 15) is 9.59 Å². The Bertz CT molecular complexity index is 572. The molecule has 0 radical (unpaired) electrons. The number of fused-ring (bicyclic) bond motifs is 1. The topological polar surface area (TPSA) is 61.9 Å². The number of anilines is 2. The van der Waals surface area contributed by atoms with Crippen LogP contribution in [0.1, 0.15) is 26.2 Å². The Hall–Kier alpha value is -2.08. The van der Waals surface area contributed by atoms with Gasteiger partial charge in [0.1, 0.15) is 5.75 Å². The first-order valence-electron chi connectivity index (χ1n) is 8.03. The third-order valence-electron chi connectivity index (χ3n) is 3.71. The number of hydrogen-bond donors (Lipinski definition) is 1. The van der Waals surface area contributed by atoms with Crippen LogP contribution in [0.25, 0.3) is 0 Å². The minimum Gasteiger partial charge on any atom is -0.482 e. The predicted octanol–water partition coefficient (Wildman–Crippen LogP) is 2.10. The van der Waals surface area contributed by atoms with Gasteiger partial charge in [0, 0.05) is 25.2 Å². The molecule has 0 saturated carbocycles. The molecule has 1 aromatic carbocycles. The summed E-state index contributed by atoms with van der Waals surface area (Å²) in [5, 5.41) is 2.88. The molecule has 1 aromatic rings. The summed E-state index contributed by atoms with van der Waals surface area (Å²) in [4.78, 5) is 27.8. The van der Waals surface area contributed by atoms with Gasteiger partial charge in [0.05, 0.1) is 5.69 Å². The average Bonchev–Trinajstić information content (AvgIpc) is 2.51. The minimum atomic E-state index is -0.0613. The maximum Gasteiger partial charge on any atom is 0.265 e. The van der Waals surface area contributed by atoms with Gasteiger partial charge in [0.25, 0.3) is 5.91 Å². The molecule has 0 aromatic heterocycles. The SMILES string of the molecule is CCCCC(=O)Nc1ccc2c(c1)N(CCN(C)C)C(=O)CO2. The number of nitrogens with zero attached hydrogens (tertiary/aromatic N) is 2. The largest absolute Gasteiger partial charge is 0.482 e. The summed E-state index contributed by atoms with van der Waals surface area (Å²) in [6, 6.07) is 5.42. The van der Waals surface area contributed by atoms with Crippen LogP contribution in [0.4, 0.5) is 11.4 Å². The van der Waals surface area contributed by atoms with Crippen molar-refractivity contribution in [2.45, 2.75) is 26.2 Å². The smallest absolute Gasteiger partial charge is 0.265 e. The van der Waals surface area contributed by atoms with Crippen LogP contribution in [0.3, 0.4) is 0 Å². The van der Waals surface area contributed by atoms with Crippen molar-refractivity contribution in [3.63, 3.8) is 0 Å². The summed E-state index contributed by atoms with van der Waals surface area (Å²) in [6.07, 6.45) is 2.36. The van der Waals surface area contributed by atoms with Gasteiger partial charge in [-0.1, -0.05) is 13.3 Å². The number of likely N-dealkylation sites (N-methyl/N-ethyl adjacent to an activating group) is 1. The Labute approximate surface area is 137 Å². The zero-order chi connectivity index (χ0) is 16.8. The quantitative estimate of drug-likeness (QED) is 0.836. The standard InChI is InChI=1S/C17H25N3O3/c1-4-5-6-16(21)18-13-7-8-15-14(11-13)20(10-9-19(2)3)17(22)12-23-15/h7-8,11H,4-6,9-10,12H2,1-3H3,(H,18,21). The van der Waals surface area contributed by atoms with Crippen molar-refractivity contribution in [2.24, 2.45) is 0 Å². The maximum atomic E-state index is 12.1.